The van der Waals surface area contributed by atoms with Gasteiger partial charge in [-0.2, -0.15) is 0 Å². The number of hydrogen-bond acceptors (Lipinski definition) is 4. The van der Waals surface area contributed by atoms with Crippen molar-refractivity contribution in [3.05, 3.63) is 53.6 Å². The molecule has 1 heterocycles. The Balaban J connectivity index is 1.60. The van der Waals surface area contributed by atoms with E-state index in [1.54, 1.807) is 12.7 Å². The van der Waals surface area contributed by atoms with Gasteiger partial charge in [0.1, 0.15) is 13.2 Å². The minimum absolute atomic E-state index is 0.441. The molecular formula is C29H40BNO4. The van der Waals surface area contributed by atoms with Crippen molar-refractivity contribution in [2.75, 3.05) is 20.3 Å². The number of rotatable bonds is 13. The molecule has 0 spiro atoms. The van der Waals surface area contributed by atoms with Crippen molar-refractivity contribution >= 4 is 23.8 Å². The minimum Gasteiger partial charge on any atom is -0.490 e. The number of nitrogens with zero attached hydrogens (tertiary/aromatic N) is 1. The first-order chi connectivity index (χ1) is 17.3. The maximum absolute atomic E-state index is 6.28. The molecule has 1 saturated carbocycles. The molecule has 1 aliphatic carbocycles. The smallest absolute Gasteiger partial charge is 0.176 e. The van der Waals surface area contributed by atoms with Crippen LogP contribution < -0.4 is 15.1 Å². The molecule has 0 radical (unpaired) electrons. The number of ether oxygens (including phenoxy) is 2. The van der Waals surface area contributed by atoms with Crippen molar-refractivity contribution in [2.45, 2.75) is 77.8 Å². The van der Waals surface area contributed by atoms with Crippen molar-refractivity contribution < 1.29 is 19.2 Å². The van der Waals surface area contributed by atoms with Gasteiger partial charge < -0.3 is 14.0 Å². The van der Waals surface area contributed by atoms with E-state index in [4.69, 9.17) is 19.2 Å². The van der Waals surface area contributed by atoms with E-state index in [0.29, 0.717) is 19.1 Å². The molecule has 0 unspecified atom stereocenters. The Morgan fingerprint density at radius 3 is 2.40 bits per heavy atom. The summed E-state index contributed by atoms with van der Waals surface area (Å²) in [7, 11) is 2.57. The van der Waals surface area contributed by atoms with Crippen LogP contribution in [0.5, 0.6) is 11.5 Å². The monoisotopic (exact) mass is 477 g/mol. The lowest BCUT2D eigenvalue weighted by Crippen LogP contribution is -2.29. The molecule has 0 N–H and O–H groups in total. The van der Waals surface area contributed by atoms with Crippen molar-refractivity contribution in [2.24, 2.45) is 0 Å². The maximum atomic E-state index is 6.28. The zero-order valence-electron chi connectivity index (χ0n) is 21.7. The Morgan fingerprint density at radius 2 is 1.71 bits per heavy atom. The quantitative estimate of drug-likeness (QED) is 0.128. The molecule has 2 aromatic carbocycles. The number of para-hydroxylation sites is 2. The highest BCUT2D eigenvalue weighted by atomic mass is 17.2. The number of hydrogen-bond donors (Lipinski definition) is 0. The summed E-state index contributed by atoms with van der Waals surface area (Å²) in [5.41, 5.74) is 5.40. The summed E-state index contributed by atoms with van der Waals surface area (Å²) in [4.78, 5) is 10.1. The predicted octanol–water partition coefficient (Wildman–Crippen LogP) is 6.13. The Labute approximate surface area is 210 Å². The number of benzene rings is 2. The van der Waals surface area contributed by atoms with Gasteiger partial charge in [0.15, 0.2) is 18.8 Å². The van der Waals surface area contributed by atoms with Crippen molar-refractivity contribution in [1.82, 2.24) is 4.57 Å². The van der Waals surface area contributed by atoms with Crippen LogP contribution in [0.4, 0.5) is 0 Å². The molecule has 1 fully saturated rings. The standard InChI is InChI=1S/C29H40BNO4/c1-4-5-18-33-26-13-9-10-14-27(26)34-19-17-31-25-20-22(21-35-32-3)15-16-24(25)28(29(31)30-2)23-11-7-6-8-12-23/h9-10,13-16,20,23,30H,4-8,11-12,17-19,21H2,1-3H3. The maximum Gasteiger partial charge on any atom is 0.176 e. The van der Waals surface area contributed by atoms with Gasteiger partial charge >= 0.3 is 0 Å². The molecule has 1 aromatic heterocycles. The Kier molecular flexibility index (Phi) is 9.55. The van der Waals surface area contributed by atoms with E-state index in [1.165, 1.54) is 48.6 Å². The van der Waals surface area contributed by atoms with Crippen LogP contribution >= 0.6 is 0 Å². The van der Waals surface area contributed by atoms with Gasteiger partial charge in [0.25, 0.3) is 0 Å². The molecule has 3 aromatic rings. The first-order valence-electron chi connectivity index (χ1n) is 13.4. The number of aromatic nitrogens is 1. The summed E-state index contributed by atoms with van der Waals surface area (Å²) in [6.07, 6.45) is 8.77. The molecule has 0 bridgehead atoms. The highest BCUT2D eigenvalue weighted by Crippen LogP contribution is 2.37. The SMILES string of the molecule is CBc1c(C2CCCCC2)c2ccc(COOC)cc2n1CCOc1ccccc1OCCCC. The van der Waals surface area contributed by atoms with Crippen LogP contribution in [0.15, 0.2) is 42.5 Å². The second kappa shape index (κ2) is 13.0. The molecule has 0 aliphatic heterocycles. The molecule has 0 saturated heterocycles. The van der Waals surface area contributed by atoms with Crippen LogP contribution in [0, 0.1) is 0 Å². The molecule has 5 nitrogen and oxygen atoms in total. The third kappa shape index (κ3) is 6.23. The van der Waals surface area contributed by atoms with Crippen molar-refractivity contribution in [3.8, 4) is 11.5 Å². The average molecular weight is 477 g/mol. The summed E-state index contributed by atoms with van der Waals surface area (Å²) in [6.45, 7) is 7.00. The Bertz CT molecular complexity index is 1070. The van der Waals surface area contributed by atoms with E-state index in [0.717, 1.165) is 50.3 Å². The van der Waals surface area contributed by atoms with Gasteiger partial charge in [-0.3, -0.25) is 0 Å². The summed E-state index contributed by atoms with van der Waals surface area (Å²) < 4.78 is 14.7. The zero-order chi connectivity index (χ0) is 24.5. The molecule has 0 atom stereocenters. The molecule has 35 heavy (non-hydrogen) atoms. The summed E-state index contributed by atoms with van der Waals surface area (Å²) in [6, 6.07) is 14.7. The van der Waals surface area contributed by atoms with Crippen LogP contribution in [-0.2, 0) is 22.9 Å². The third-order valence-corrected chi connectivity index (χ3v) is 7.15. The van der Waals surface area contributed by atoms with Gasteiger partial charge in [0.2, 0.25) is 0 Å². The molecule has 4 rings (SSSR count). The fourth-order valence-electron chi connectivity index (χ4n) is 5.44. The van der Waals surface area contributed by atoms with E-state index in [-0.39, 0.29) is 0 Å². The normalized spacial score (nSPS) is 14.4. The van der Waals surface area contributed by atoms with Crippen LogP contribution in [0.2, 0.25) is 6.82 Å². The minimum atomic E-state index is 0.441. The summed E-state index contributed by atoms with van der Waals surface area (Å²) >= 11 is 0. The van der Waals surface area contributed by atoms with Crippen LogP contribution in [0.25, 0.3) is 10.9 Å². The summed E-state index contributed by atoms with van der Waals surface area (Å²) in [5, 5.41) is 1.39. The molecular weight excluding hydrogens is 437 g/mol. The molecule has 0 amide bonds. The van der Waals surface area contributed by atoms with E-state index >= 15 is 0 Å². The number of unbranched alkanes of at least 4 members (excludes halogenated alkanes) is 1. The lowest BCUT2D eigenvalue weighted by molar-refractivity contribution is -0.282. The molecule has 1 aliphatic rings. The highest BCUT2D eigenvalue weighted by molar-refractivity contribution is 6.52. The van der Waals surface area contributed by atoms with E-state index < -0.39 is 0 Å². The predicted molar refractivity (Wildman–Crippen MR) is 145 cm³/mol. The fourth-order valence-corrected chi connectivity index (χ4v) is 5.44. The largest absolute Gasteiger partial charge is 0.490 e. The van der Waals surface area contributed by atoms with Gasteiger partial charge in [-0.1, -0.05) is 63.7 Å². The van der Waals surface area contributed by atoms with Gasteiger partial charge in [-0.15, -0.1) is 0 Å². The lowest BCUT2D eigenvalue weighted by atomic mass is 9.70. The van der Waals surface area contributed by atoms with Gasteiger partial charge in [0, 0.05) is 10.9 Å². The first kappa shape index (κ1) is 25.7. The lowest BCUT2D eigenvalue weighted by Gasteiger charge is -2.23. The van der Waals surface area contributed by atoms with Gasteiger partial charge in [-0.25, -0.2) is 9.78 Å². The Morgan fingerprint density at radius 1 is 0.971 bits per heavy atom. The van der Waals surface area contributed by atoms with Crippen molar-refractivity contribution in [1.29, 1.82) is 0 Å². The number of fused-ring (bicyclic) bond motifs is 1. The van der Waals surface area contributed by atoms with Crippen LogP contribution in [0.3, 0.4) is 0 Å². The van der Waals surface area contributed by atoms with Gasteiger partial charge in [-0.05, 0) is 60.1 Å². The highest BCUT2D eigenvalue weighted by Gasteiger charge is 2.25. The second-order valence-electron chi connectivity index (χ2n) is 9.48. The first-order valence-corrected chi connectivity index (χ1v) is 13.4. The van der Waals surface area contributed by atoms with Crippen LogP contribution in [0.1, 0.15) is 68.9 Å². The van der Waals surface area contributed by atoms with E-state index in [2.05, 4.69) is 36.5 Å². The van der Waals surface area contributed by atoms with E-state index in [1.807, 2.05) is 24.3 Å². The van der Waals surface area contributed by atoms with Crippen molar-refractivity contribution in [3.63, 3.8) is 0 Å². The van der Waals surface area contributed by atoms with E-state index in [9.17, 15) is 0 Å². The second-order valence-corrected chi connectivity index (χ2v) is 9.48. The average Bonchev–Trinajstić information content (AvgIpc) is 3.21. The molecule has 188 valence electrons. The zero-order valence-corrected chi connectivity index (χ0v) is 21.7. The third-order valence-electron chi connectivity index (χ3n) is 7.15. The van der Waals surface area contributed by atoms with Crippen LogP contribution in [-0.4, -0.2) is 32.2 Å². The Hall–Kier alpha value is -2.44. The fraction of sp³-hybridized carbons (Fsp3) is 0.517. The topological polar surface area (TPSA) is 41.9 Å². The molecule has 6 heteroatoms. The summed E-state index contributed by atoms with van der Waals surface area (Å²) in [5.74, 6) is 2.30. The van der Waals surface area contributed by atoms with Gasteiger partial charge in [0.05, 0.1) is 20.3 Å².